The van der Waals surface area contributed by atoms with E-state index < -0.39 is 130 Å². The maximum atomic E-state index is 14.0. The second kappa shape index (κ2) is 40.8. The van der Waals surface area contributed by atoms with Crippen molar-refractivity contribution in [2.24, 2.45) is 39.2 Å². The van der Waals surface area contributed by atoms with Crippen molar-refractivity contribution in [3.05, 3.63) is 179 Å². The predicted molar refractivity (Wildman–Crippen MR) is 468 cm³/mol. The average molecular weight is 1940 g/mol. The number of aromatic nitrogens is 2. The van der Waals surface area contributed by atoms with Gasteiger partial charge in [0.15, 0.2) is 0 Å². The molecule has 6 heterocycles. The molecule has 7 aromatic rings. The van der Waals surface area contributed by atoms with Crippen LogP contribution in [-0.4, -0.2) is 227 Å². The van der Waals surface area contributed by atoms with Crippen LogP contribution in [0, 0.1) is 59.3 Å². The monoisotopic (exact) mass is 1940 g/mol. The second-order valence-corrected chi connectivity index (χ2v) is 45.2. The van der Waals surface area contributed by atoms with Crippen LogP contribution in [0.15, 0.2) is 136 Å². The molecule has 0 spiro atoms. The van der Waals surface area contributed by atoms with Crippen molar-refractivity contribution >= 4 is 128 Å². The number of allylic oxidation sites excluding steroid dienone is 1. The number of halogens is 5. The molecule has 3 unspecified atom stereocenters. The molecule has 4 aliphatic carbocycles. The molecule has 10 N–H and O–H groups in total. The van der Waals surface area contributed by atoms with Gasteiger partial charge in [0.05, 0.1) is 82.4 Å². The summed E-state index contributed by atoms with van der Waals surface area (Å²) in [5.41, 5.74) is 6.71. The Morgan fingerprint density at radius 1 is 0.628 bits per heavy atom. The summed E-state index contributed by atoms with van der Waals surface area (Å²) in [7, 11) is -22.9. The van der Waals surface area contributed by atoms with Gasteiger partial charge in [-0.3, -0.25) is 40.0 Å². The fourth-order valence-corrected chi connectivity index (χ4v) is 23.8. The van der Waals surface area contributed by atoms with Gasteiger partial charge >= 0.3 is 11.9 Å². The van der Waals surface area contributed by atoms with E-state index in [1.165, 1.54) is 49.4 Å². The number of pyridine rings is 1. The second-order valence-electron chi connectivity index (χ2n) is 33.3. The van der Waals surface area contributed by atoms with Gasteiger partial charge in [0.2, 0.25) is 55.9 Å². The maximum Gasteiger partial charge on any atom is 0.416 e. The van der Waals surface area contributed by atoms with Crippen LogP contribution >= 0.6 is 11.6 Å². The molecule has 1 amide bonds. The highest BCUT2D eigenvalue weighted by Gasteiger charge is 2.43. The summed E-state index contributed by atoms with van der Waals surface area (Å²) in [6.07, 6.45) is 7.88. The third-order valence-corrected chi connectivity index (χ3v) is 33.9. The van der Waals surface area contributed by atoms with Gasteiger partial charge in [0, 0.05) is 130 Å². The lowest BCUT2D eigenvalue weighted by Gasteiger charge is -2.39. The summed E-state index contributed by atoms with van der Waals surface area (Å²) in [5.74, 6) is -2.30. The minimum absolute atomic E-state index is 0.00714. The first-order chi connectivity index (χ1) is 60.7. The van der Waals surface area contributed by atoms with Gasteiger partial charge in [0.25, 0.3) is 27.3 Å². The van der Waals surface area contributed by atoms with E-state index >= 15 is 0 Å². The van der Waals surface area contributed by atoms with Crippen LogP contribution in [0.2, 0.25) is 5.02 Å². The van der Waals surface area contributed by atoms with E-state index in [0.717, 1.165) is 97.9 Å². The Morgan fingerprint density at radius 3 is 1.60 bits per heavy atom. The SMILES string of the molecule is CC1(C)CCC(CN2CCN(c3ccc(C(=O)NS(=O)(=O)c4ccc(NCC5COCN(S(=O)(=O)C6CCC6)C5)c([N+](=O)[O-])c4)c(Oc4cnc5[nH]ccc5c4)c3)CC2)=C(c2ccc(C(F)(F)F)cc2Cl)C1.NCC1COCN(S(=O)(=O)C2CCC2)C1.NS(=O)(=O)c1ccc(F)c([N+](=O)[O-])c1.NS(=O)(=O)c1ccc(NCC2COCN(S(=O)(=O)C3CCC3)C2)c([N+](=O)[O-])c1. The molecule has 5 aromatic carbocycles. The Labute approximate surface area is 747 Å². The molecule has 3 atom stereocenters. The lowest BCUT2D eigenvalue weighted by molar-refractivity contribution is -0.387. The number of nitro benzene ring substituents is 3. The number of ether oxygens (including phenoxy) is 4. The summed E-state index contributed by atoms with van der Waals surface area (Å²) >= 11 is 6.54. The first-order valence-corrected chi connectivity index (χ1v) is 50.5. The fourth-order valence-electron chi connectivity index (χ4n) is 15.5. The average Bonchev–Trinajstić information content (AvgIpc) is 1.36. The molecule has 4 aliphatic heterocycles. The van der Waals surface area contributed by atoms with Gasteiger partial charge in [-0.2, -0.15) is 30.5 Å². The third kappa shape index (κ3) is 24.5. The summed E-state index contributed by atoms with van der Waals surface area (Å²) in [5, 5.41) is 49.2. The van der Waals surface area contributed by atoms with Crippen molar-refractivity contribution in [2.75, 3.05) is 128 Å². The van der Waals surface area contributed by atoms with Gasteiger partial charge in [-0.25, -0.2) is 70.5 Å². The number of nitro groups is 3. The number of sulfonamides is 6. The van der Waals surface area contributed by atoms with E-state index in [1.54, 1.807) is 30.5 Å². The Hall–Kier alpha value is -9.29. The van der Waals surface area contributed by atoms with Crippen LogP contribution in [0.1, 0.15) is 112 Å². The minimum Gasteiger partial charge on any atom is -0.455 e. The highest BCUT2D eigenvalue weighted by Crippen LogP contribution is 2.47. The number of hydrogen-bond donors (Lipinski definition) is 7. The van der Waals surface area contributed by atoms with Crippen molar-refractivity contribution in [3.63, 3.8) is 0 Å². The molecule has 8 aliphatic rings. The molecule has 39 nitrogen and oxygen atoms in total. The number of piperazine rings is 1. The standard InChI is InChI=1S/C49H54ClF3N8O9S2.C15H22N4O7S2.C9H18N2O3S.C6H5FN2O4S/c1-48(2)14-12-33(41(24-48)39-9-6-34(21-42(39)50)49(51,52)53)28-58-16-18-59(19-17-58)35-7-10-40(45(22-35)70-36-20-32-13-15-54-46(32)56-26-36)47(62)57-71(65,66)38-8-11-43(44(23-38)61(63)64)55-25-31-27-60(30-69-29-31)72(67,68)37-4-3-5-37;16-27(22,23)13-4-5-14(15(6-13)19(20)21)17-7-11-8-18(10-26-9-11)28(24,25)12-2-1-3-12;10-4-8-5-11(7-14-6-8)15(12,13)9-2-1-3-9;7-5-2-1-4(14(8,12)13)3-6(5)9(10)11/h6-11,13,15,20-23,26,31,37,55H,3-5,12,14,16-19,24-25,27-30H2,1-2H3,(H,54,56)(H,57,62);4-6,11-12,17H,1-3,7-10H2,(H2,16,22,23);8-9H,1-7,10H2;1-3H,(H2,8,12,13). The van der Waals surface area contributed by atoms with Crippen molar-refractivity contribution < 1.29 is 107 Å². The number of amides is 1. The van der Waals surface area contributed by atoms with Crippen LogP contribution in [0.5, 0.6) is 11.5 Å². The molecule has 7 fully saturated rings. The number of fused-ring (bicyclic) bond motifs is 1. The number of carbonyl (C=O) groups excluding carboxylic acids is 1. The molecule has 50 heteroatoms. The minimum atomic E-state index is -4.71. The number of nitrogens with one attached hydrogen (secondary N) is 4. The number of primary sulfonamides is 2. The van der Waals surface area contributed by atoms with E-state index in [2.05, 4.69) is 49.0 Å². The predicted octanol–water partition coefficient (Wildman–Crippen LogP) is 9.60. The van der Waals surface area contributed by atoms with Gasteiger partial charge in [-0.1, -0.05) is 56.4 Å². The van der Waals surface area contributed by atoms with Gasteiger partial charge in [-0.15, -0.1) is 0 Å². The van der Waals surface area contributed by atoms with Crippen molar-refractivity contribution in [1.82, 2.24) is 32.5 Å². The summed E-state index contributed by atoms with van der Waals surface area (Å²) in [6.45, 7) is 10.3. The lowest BCUT2D eigenvalue weighted by atomic mass is 9.72. The first-order valence-electron chi connectivity index (χ1n) is 41.0. The molecule has 704 valence electrons. The highest BCUT2D eigenvalue weighted by atomic mass is 35.5. The molecule has 15 rings (SSSR count). The quantitative estimate of drug-likeness (QED) is 0.0143. The Morgan fingerprint density at radius 2 is 1.12 bits per heavy atom. The highest BCUT2D eigenvalue weighted by molar-refractivity contribution is 7.91. The maximum absolute atomic E-state index is 14.0. The fraction of sp³-hybridized carbons (Fsp3) is 0.494. The number of alkyl halides is 3. The lowest BCUT2D eigenvalue weighted by Crippen LogP contribution is -2.49. The number of nitrogens with zero attached hydrogens (tertiary/aromatic N) is 9. The van der Waals surface area contributed by atoms with Crippen LogP contribution in [0.4, 0.5) is 51.7 Å². The van der Waals surface area contributed by atoms with Crippen LogP contribution < -0.4 is 41.0 Å². The van der Waals surface area contributed by atoms with Crippen LogP contribution in [0.3, 0.4) is 0 Å². The molecule has 0 radical (unpaired) electrons. The van der Waals surface area contributed by atoms with Gasteiger partial charge < -0.3 is 45.2 Å². The molecule has 0 bridgehead atoms. The van der Waals surface area contributed by atoms with E-state index in [4.69, 9.17) is 46.6 Å². The number of anilines is 3. The van der Waals surface area contributed by atoms with E-state index in [9.17, 15) is 103 Å². The van der Waals surface area contributed by atoms with Gasteiger partial charge in [-0.05, 0) is 154 Å². The number of benzene rings is 5. The van der Waals surface area contributed by atoms with Crippen molar-refractivity contribution in [2.45, 2.75) is 128 Å². The molecule has 129 heavy (non-hydrogen) atoms. The number of rotatable bonds is 27. The molecular weight excluding hydrogens is 1840 g/mol. The topological polar surface area (TPSA) is 547 Å². The zero-order valence-electron chi connectivity index (χ0n) is 69.9. The van der Waals surface area contributed by atoms with E-state index in [1.807, 2.05) is 0 Å². The number of aromatic amines is 1. The third-order valence-electron chi connectivity index (χ3n) is 23.6. The number of carbonyl (C=O) groups is 1. The smallest absolute Gasteiger partial charge is 0.416 e. The zero-order chi connectivity index (χ0) is 93.5. The molecule has 2 aromatic heterocycles. The van der Waals surface area contributed by atoms with E-state index in [0.29, 0.717) is 120 Å². The largest absolute Gasteiger partial charge is 0.455 e. The van der Waals surface area contributed by atoms with Crippen molar-refractivity contribution in [1.29, 1.82) is 0 Å². The summed E-state index contributed by atoms with van der Waals surface area (Å²) in [6, 6.07) is 20.5. The van der Waals surface area contributed by atoms with E-state index in [-0.39, 0.29) is 125 Å². The van der Waals surface area contributed by atoms with Gasteiger partial charge in [0.1, 0.15) is 48.7 Å². The summed E-state index contributed by atoms with van der Waals surface area (Å²) < 4.78 is 229. The normalized spacial score (nSPS) is 20.4. The Balaban J connectivity index is 0.000000211. The van der Waals surface area contributed by atoms with Crippen LogP contribution in [-0.2, 0) is 80.5 Å². The summed E-state index contributed by atoms with van der Waals surface area (Å²) in [4.78, 5) is 55.7. The van der Waals surface area contributed by atoms with Crippen molar-refractivity contribution in [3.8, 4) is 11.5 Å². The molecule has 3 saturated carbocycles. The number of hydrogen-bond acceptors (Lipinski definition) is 29. The van der Waals surface area contributed by atoms with Crippen LogP contribution in [0.25, 0.3) is 16.6 Å². The Kier molecular flexibility index (Phi) is 31.3. The number of nitrogens with two attached hydrogens (primary N) is 3. The molecule has 4 saturated heterocycles. The Bertz CT molecular complexity index is 6110. The first kappa shape index (κ1) is 98.7. The zero-order valence-corrected chi connectivity index (χ0v) is 75.6. The number of H-pyrrole nitrogens is 1. The molecular formula is C79H99ClF4N16O23S6.